The van der Waals surface area contributed by atoms with Gasteiger partial charge in [0.2, 0.25) is 0 Å². The second-order valence-corrected chi connectivity index (χ2v) is 5.63. The summed E-state index contributed by atoms with van der Waals surface area (Å²) in [7, 11) is 1.98. The molecule has 0 amide bonds. The van der Waals surface area contributed by atoms with Gasteiger partial charge in [0.05, 0.1) is 17.1 Å². The average Bonchev–Trinajstić information content (AvgIpc) is 2.86. The van der Waals surface area contributed by atoms with Crippen molar-refractivity contribution in [3.63, 3.8) is 0 Å². The molecule has 3 rings (SSSR count). The molecule has 0 saturated heterocycles. The summed E-state index contributed by atoms with van der Waals surface area (Å²) >= 11 is 1.78. The van der Waals surface area contributed by atoms with Crippen LogP contribution >= 0.6 is 11.3 Å². The van der Waals surface area contributed by atoms with Gasteiger partial charge < -0.3 is 5.32 Å². The van der Waals surface area contributed by atoms with E-state index < -0.39 is 0 Å². The molecule has 0 aliphatic carbocycles. The van der Waals surface area contributed by atoms with Crippen LogP contribution in [0.2, 0.25) is 0 Å². The molecule has 0 aliphatic rings. The van der Waals surface area contributed by atoms with E-state index in [-0.39, 0.29) is 6.04 Å². The van der Waals surface area contributed by atoms with Crippen LogP contribution in [-0.4, -0.2) is 17.0 Å². The molecule has 2 heterocycles. The van der Waals surface area contributed by atoms with Gasteiger partial charge in [-0.25, -0.2) is 0 Å². The van der Waals surface area contributed by atoms with Gasteiger partial charge in [0, 0.05) is 17.3 Å². The van der Waals surface area contributed by atoms with Gasteiger partial charge in [0.15, 0.2) is 0 Å². The maximum absolute atomic E-state index is 4.37. The Bertz CT molecular complexity index is 705. The predicted molar refractivity (Wildman–Crippen MR) is 79.5 cm³/mol. The van der Waals surface area contributed by atoms with E-state index in [1.165, 1.54) is 16.0 Å². The second-order valence-electron chi connectivity index (χ2n) is 4.52. The largest absolute Gasteiger partial charge is 0.309 e. The van der Waals surface area contributed by atoms with E-state index in [0.717, 1.165) is 11.0 Å². The molecule has 2 aromatic heterocycles. The van der Waals surface area contributed by atoms with E-state index in [9.17, 15) is 0 Å². The highest BCUT2D eigenvalue weighted by atomic mass is 32.1. The van der Waals surface area contributed by atoms with Crippen molar-refractivity contribution in [2.75, 3.05) is 7.05 Å². The van der Waals surface area contributed by atoms with Crippen LogP contribution in [0.5, 0.6) is 0 Å². The molecule has 0 radical (unpaired) electrons. The third-order valence-electron chi connectivity index (χ3n) is 3.20. The summed E-state index contributed by atoms with van der Waals surface area (Å²) in [4.78, 5) is 10.0. The van der Waals surface area contributed by atoms with E-state index in [0.29, 0.717) is 0 Å². The van der Waals surface area contributed by atoms with Crippen LogP contribution < -0.4 is 5.32 Å². The van der Waals surface area contributed by atoms with Crippen LogP contribution in [-0.2, 0) is 0 Å². The first-order chi connectivity index (χ1) is 9.28. The van der Waals surface area contributed by atoms with Crippen molar-refractivity contribution in [2.24, 2.45) is 0 Å². The zero-order valence-electron chi connectivity index (χ0n) is 10.9. The highest BCUT2D eigenvalue weighted by Gasteiger charge is 2.13. The summed E-state index contributed by atoms with van der Waals surface area (Å²) in [6.45, 7) is 2.13. The van der Waals surface area contributed by atoms with Crippen molar-refractivity contribution in [1.29, 1.82) is 0 Å². The van der Waals surface area contributed by atoms with Gasteiger partial charge in [-0.15, -0.1) is 11.3 Å². The number of aromatic nitrogens is 2. The van der Waals surface area contributed by atoms with Crippen molar-refractivity contribution in [3.8, 4) is 0 Å². The number of hydrogen-bond acceptors (Lipinski definition) is 4. The summed E-state index contributed by atoms with van der Waals surface area (Å²) in [5, 5.41) is 5.58. The van der Waals surface area contributed by atoms with Gasteiger partial charge in [-0.05, 0) is 48.7 Å². The van der Waals surface area contributed by atoms with E-state index in [1.807, 2.05) is 13.1 Å². The summed E-state index contributed by atoms with van der Waals surface area (Å²) in [5.41, 5.74) is 4.39. The predicted octanol–water partition coefficient (Wildman–Crippen LogP) is 3.31. The van der Waals surface area contributed by atoms with Crippen molar-refractivity contribution in [3.05, 3.63) is 58.0 Å². The zero-order chi connectivity index (χ0) is 13.2. The first kappa shape index (κ1) is 12.3. The number of rotatable bonds is 3. The topological polar surface area (TPSA) is 37.8 Å². The minimum Gasteiger partial charge on any atom is -0.309 e. The molecule has 1 atom stereocenters. The third kappa shape index (κ3) is 2.37. The quantitative estimate of drug-likeness (QED) is 0.792. The Kier molecular flexibility index (Phi) is 3.27. The SMILES string of the molecule is CNC(c1csc(C)c1)c1ccc2nccnc2c1. The summed E-state index contributed by atoms with van der Waals surface area (Å²) in [6.07, 6.45) is 3.45. The number of benzene rings is 1. The first-order valence-electron chi connectivity index (χ1n) is 6.21. The number of nitrogens with one attached hydrogen (secondary N) is 1. The number of thiophene rings is 1. The lowest BCUT2D eigenvalue weighted by Crippen LogP contribution is -2.16. The summed E-state index contributed by atoms with van der Waals surface area (Å²) in [6, 6.07) is 8.69. The molecule has 96 valence electrons. The fraction of sp³-hybridized carbons (Fsp3) is 0.200. The Balaban J connectivity index is 2.06. The van der Waals surface area contributed by atoms with E-state index >= 15 is 0 Å². The van der Waals surface area contributed by atoms with Crippen molar-refractivity contribution in [1.82, 2.24) is 15.3 Å². The average molecular weight is 269 g/mol. The molecule has 0 aliphatic heterocycles. The summed E-state index contributed by atoms with van der Waals surface area (Å²) < 4.78 is 0. The molecule has 0 fully saturated rings. The second kappa shape index (κ2) is 5.07. The molecule has 3 aromatic rings. The number of hydrogen-bond donors (Lipinski definition) is 1. The van der Waals surface area contributed by atoms with Gasteiger partial charge in [0.1, 0.15) is 0 Å². The Hall–Kier alpha value is -1.78. The normalized spacial score (nSPS) is 12.7. The number of aryl methyl sites for hydroxylation is 1. The van der Waals surface area contributed by atoms with Gasteiger partial charge in [-0.1, -0.05) is 6.07 Å². The Morgan fingerprint density at radius 1 is 1.05 bits per heavy atom. The van der Waals surface area contributed by atoms with Crippen LogP contribution in [0, 0.1) is 6.92 Å². The van der Waals surface area contributed by atoms with Crippen LogP contribution in [0.1, 0.15) is 22.0 Å². The van der Waals surface area contributed by atoms with Gasteiger partial charge in [-0.2, -0.15) is 0 Å². The highest BCUT2D eigenvalue weighted by Crippen LogP contribution is 2.27. The highest BCUT2D eigenvalue weighted by molar-refractivity contribution is 7.10. The number of nitrogens with zero attached hydrogens (tertiary/aromatic N) is 2. The Morgan fingerprint density at radius 3 is 2.53 bits per heavy atom. The van der Waals surface area contributed by atoms with Crippen LogP contribution in [0.3, 0.4) is 0 Å². The maximum atomic E-state index is 4.37. The molecular formula is C15H15N3S. The van der Waals surface area contributed by atoms with Crippen molar-refractivity contribution in [2.45, 2.75) is 13.0 Å². The minimum atomic E-state index is 0.205. The molecule has 0 bridgehead atoms. The van der Waals surface area contributed by atoms with Crippen LogP contribution in [0.4, 0.5) is 0 Å². The van der Waals surface area contributed by atoms with Crippen molar-refractivity contribution >= 4 is 22.4 Å². The van der Waals surface area contributed by atoms with Gasteiger partial charge in [0.25, 0.3) is 0 Å². The zero-order valence-corrected chi connectivity index (χ0v) is 11.7. The summed E-state index contributed by atoms with van der Waals surface area (Å²) in [5.74, 6) is 0. The molecule has 4 heteroatoms. The monoisotopic (exact) mass is 269 g/mol. The lowest BCUT2D eigenvalue weighted by molar-refractivity contribution is 0.694. The van der Waals surface area contributed by atoms with Crippen LogP contribution in [0.25, 0.3) is 11.0 Å². The van der Waals surface area contributed by atoms with E-state index in [2.05, 4.69) is 45.8 Å². The lowest BCUT2D eigenvalue weighted by Gasteiger charge is -2.15. The fourth-order valence-corrected chi connectivity index (χ4v) is 3.03. The standard InChI is InChI=1S/C15H15N3S/c1-10-7-12(9-19-10)15(16-2)11-3-4-13-14(8-11)18-6-5-17-13/h3-9,15-16H,1-2H3. The molecule has 1 aromatic carbocycles. The molecule has 1 N–H and O–H groups in total. The smallest absolute Gasteiger partial charge is 0.0890 e. The molecular weight excluding hydrogens is 254 g/mol. The van der Waals surface area contributed by atoms with E-state index in [4.69, 9.17) is 0 Å². The maximum Gasteiger partial charge on any atom is 0.0890 e. The first-order valence-corrected chi connectivity index (χ1v) is 7.09. The molecule has 0 spiro atoms. The molecule has 1 unspecified atom stereocenters. The lowest BCUT2D eigenvalue weighted by atomic mass is 10.0. The van der Waals surface area contributed by atoms with Gasteiger partial charge in [-0.3, -0.25) is 9.97 Å². The number of fused-ring (bicyclic) bond motifs is 1. The molecule has 3 nitrogen and oxygen atoms in total. The Labute approximate surface area is 116 Å². The molecule has 0 saturated carbocycles. The third-order valence-corrected chi connectivity index (χ3v) is 4.08. The minimum absolute atomic E-state index is 0.205. The van der Waals surface area contributed by atoms with E-state index in [1.54, 1.807) is 23.7 Å². The van der Waals surface area contributed by atoms with Gasteiger partial charge >= 0.3 is 0 Å². The molecule has 19 heavy (non-hydrogen) atoms. The van der Waals surface area contributed by atoms with Crippen LogP contribution in [0.15, 0.2) is 42.0 Å². The van der Waals surface area contributed by atoms with Crippen molar-refractivity contribution < 1.29 is 0 Å². The fourth-order valence-electron chi connectivity index (χ4n) is 2.30. The Morgan fingerprint density at radius 2 is 1.84 bits per heavy atom.